The summed E-state index contributed by atoms with van der Waals surface area (Å²) in [4.78, 5) is 14.0. The minimum atomic E-state index is -0.501. The first kappa shape index (κ1) is 13.2. The third-order valence-electron chi connectivity index (χ3n) is 3.66. The quantitative estimate of drug-likeness (QED) is 0.797. The summed E-state index contributed by atoms with van der Waals surface area (Å²) in [5, 5.41) is 3.82. The summed E-state index contributed by atoms with van der Waals surface area (Å²) in [6.45, 7) is 2.94. The summed E-state index contributed by atoms with van der Waals surface area (Å²) in [5.74, 6) is -0.0293. The zero-order valence-corrected chi connectivity index (χ0v) is 12.0. The van der Waals surface area contributed by atoms with E-state index in [1.54, 1.807) is 13.1 Å². The Bertz CT molecular complexity index is 609. The van der Waals surface area contributed by atoms with Gasteiger partial charge in [0.1, 0.15) is 5.38 Å². The number of amides is 1. The molecule has 0 saturated heterocycles. The van der Waals surface area contributed by atoms with Gasteiger partial charge in [-0.3, -0.25) is 9.48 Å². The topological polar surface area (TPSA) is 38.1 Å². The van der Waals surface area contributed by atoms with Crippen LogP contribution in [0.3, 0.4) is 0 Å². The molecule has 2 atom stereocenters. The molecular formula is C15H16ClN3O. The van der Waals surface area contributed by atoms with E-state index in [0.717, 1.165) is 5.56 Å². The molecule has 0 bridgehead atoms. The van der Waals surface area contributed by atoms with Crippen molar-refractivity contribution in [3.63, 3.8) is 0 Å². The summed E-state index contributed by atoms with van der Waals surface area (Å²) >= 11 is 5.95. The molecule has 4 nitrogen and oxygen atoms in total. The average molecular weight is 290 g/mol. The molecule has 20 heavy (non-hydrogen) atoms. The van der Waals surface area contributed by atoms with Crippen molar-refractivity contribution in [2.24, 2.45) is 0 Å². The summed E-state index contributed by atoms with van der Waals surface area (Å²) in [6.07, 6.45) is 3.69. The molecule has 2 unspecified atom stereocenters. The molecule has 1 aliphatic rings. The number of nitrogens with zero attached hydrogens (tertiary/aromatic N) is 3. The zero-order chi connectivity index (χ0) is 14.1. The van der Waals surface area contributed by atoms with Gasteiger partial charge >= 0.3 is 0 Å². The number of alkyl halides is 1. The smallest absolute Gasteiger partial charge is 0.240 e. The van der Waals surface area contributed by atoms with E-state index in [1.807, 2.05) is 34.0 Å². The van der Waals surface area contributed by atoms with Gasteiger partial charge in [-0.1, -0.05) is 24.3 Å². The number of hydrogen-bond acceptors (Lipinski definition) is 2. The van der Waals surface area contributed by atoms with E-state index in [-0.39, 0.29) is 11.9 Å². The summed E-state index contributed by atoms with van der Waals surface area (Å²) in [5.41, 5.74) is 2.38. The Labute approximate surface area is 123 Å². The maximum absolute atomic E-state index is 12.2. The van der Waals surface area contributed by atoms with Crippen molar-refractivity contribution in [2.45, 2.75) is 24.9 Å². The third kappa shape index (κ3) is 2.31. The molecule has 0 saturated carbocycles. The van der Waals surface area contributed by atoms with Gasteiger partial charge in [0.05, 0.1) is 6.04 Å². The SMILES string of the molecule is CC(Cl)C(=O)N1Cc2ccccc2C(n2cccn2)C1. The fourth-order valence-corrected chi connectivity index (χ4v) is 2.83. The second-order valence-corrected chi connectivity index (χ2v) is 5.69. The second kappa shape index (κ2) is 5.29. The number of benzene rings is 1. The first-order valence-corrected chi connectivity index (χ1v) is 7.10. The van der Waals surface area contributed by atoms with E-state index in [0.29, 0.717) is 13.1 Å². The first-order chi connectivity index (χ1) is 9.66. The van der Waals surface area contributed by atoms with Crippen LogP contribution in [0.4, 0.5) is 0 Å². The van der Waals surface area contributed by atoms with Gasteiger partial charge in [0.25, 0.3) is 0 Å². The van der Waals surface area contributed by atoms with E-state index in [4.69, 9.17) is 11.6 Å². The molecule has 0 N–H and O–H groups in total. The van der Waals surface area contributed by atoms with Crippen LogP contribution < -0.4 is 0 Å². The van der Waals surface area contributed by atoms with Crippen LogP contribution in [-0.4, -0.2) is 32.5 Å². The van der Waals surface area contributed by atoms with E-state index in [2.05, 4.69) is 17.2 Å². The fraction of sp³-hybridized carbons (Fsp3) is 0.333. The lowest BCUT2D eigenvalue weighted by atomic mass is 9.95. The Kier molecular flexibility index (Phi) is 3.49. The lowest BCUT2D eigenvalue weighted by molar-refractivity contribution is -0.131. The van der Waals surface area contributed by atoms with Gasteiger partial charge in [-0.15, -0.1) is 11.6 Å². The first-order valence-electron chi connectivity index (χ1n) is 6.66. The Hall–Kier alpha value is -1.81. The Balaban J connectivity index is 1.99. The Morgan fingerprint density at radius 2 is 2.20 bits per heavy atom. The number of carbonyl (C=O) groups is 1. The van der Waals surface area contributed by atoms with Gasteiger partial charge in [0, 0.05) is 25.5 Å². The lowest BCUT2D eigenvalue weighted by Gasteiger charge is -2.35. The highest BCUT2D eigenvalue weighted by Crippen LogP contribution is 2.29. The van der Waals surface area contributed by atoms with Gasteiger partial charge in [-0.2, -0.15) is 5.10 Å². The molecule has 0 spiro atoms. The minimum Gasteiger partial charge on any atom is -0.335 e. The normalized spacial score (nSPS) is 19.5. The average Bonchev–Trinajstić information content (AvgIpc) is 2.99. The number of aromatic nitrogens is 2. The zero-order valence-electron chi connectivity index (χ0n) is 11.2. The number of rotatable bonds is 2. The summed E-state index contributed by atoms with van der Waals surface area (Å²) in [7, 11) is 0. The number of fused-ring (bicyclic) bond motifs is 1. The molecule has 3 rings (SSSR count). The highest BCUT2D eigenvalue weighted by molar-refractivity contribution is 6.30. The van der Waals surface area contributed by atoms with Crippen molar-refractivity contribution in [3.8, 4) is 0 Å². The summed E-state index contributed by atoms with van der Waals surface area (Å²) < 4.78 is 1.90. The maximum Gasteiger partial charge on any atom is 0.240 e. The van der Waals surface area contributed by atoms with Crippen LogP contribution in [-0.2, 0) is 11.3 Å². The second-order valence-electron chi connectivity index (χ2n) is 5.04. The van der Waals surface area contributed by atoms with Crippen molar-refractivity contribution in [1.82, 2.24) is 14.7 Å². The van der Waals surface area contributed by atoms with Crippen LogP contribution in [0.15, 0.2) is 42.7 Å². The highest BCUT2D eigenvalue weighted by atomic mass is 35.5. The number of halogens is 1. The van der Waals surface area contributed by atoms with Crippen LogP contribution in [0, 0.1) is 0 Å². The summed E-state index contributed by atoms with van der Waals surface area (Å²) in [6, 6.07) is 10.1. The molecular weight excluding hydrogens is 274 g/mol. The van der Waals surface area contributed by atoms with Gasteiger partial charge in [-0.25, -0.2) is 0 Å². The van der Waals surface area contributed by atoms with Crippen molar-refractivity contribution in [2.75, 3.05) is 6.54 Å². The van der Waals surface area contributed by atoms with Crippen molar-refractivity contribution in [3.05, 3.63) is 53.9 Å². The van der Waals surface area contributed by atoms with Gasteiger partial charge < -0.3 is 4.90 Å². The van der Waals surface area contributed by atoms with Gasteiger partial charge in [0.15, 0.2) is 0 Å². The third-order valence-corrected chi connectivity index (χ3v) is 3.85. The Morgan fingerprint density at radius 1 is 1.40 bits per heavy atom. The molecule has 1 aromatic heterocycles. The number of hydrogen-bond donors (Lipinski definition) is 0. The molecule has 5 heteroatoms. The molecule has 2 heterocycles. The molecule has 2 aromatic rings. The Morgan fingerprint density at radius 3 is 2.90 bits per heavy atom. The number of carbonyl (C=O) groups excluding carboxylic acids is 1. The molecule has 0 aliphatic carbocycles. The molecule has 1 amide bonds. The predicted octanol–water partition coefficient (Wildman–Crippen LogP) is 2.44. The molecule has 1 aliphatic heterocycles. The molecule has 0 fully saturated rings. The molecule has 0 radical (unpaired) electrons. The van der Waals surface area contributed by atoms with Crippen molar-refractivity contribution < 1.29 is 4.79 Å². The molecule has 104 valence electrons. The van der Waals surface area contributed by atoms with Crippen LogP contribution in [0.25, 0.3) is 0 Å². The van der Waals surface area contributed by atoms with Gasteiger partial charge in [0.2, 0.25) is 5.91 Å². The predicted molar refractivity (Wildman–Crippen MR) is 77.5 cm³/mol. The van der Waals surface area contributed by atoms with Crippen LogP contribution in [0.2, 0.25) is 0 Å². The fourth-order valence-electron chi connectivity index (χ4n) is 2.69. The van der Waals surface area contributed by atoms with Crippen LogP contribution >= 0.6 is 11.6 Å². The van der Waals surface area contributed by atoms with E-state index in [9.17, 15) is 4.79 Å². The minimum absolute atomic E-state index is 0.0293. The van der Waals surface area contributed by atoms with E-state index >= 15 is 0 Å². The van der Waals surface area contributed by atoms with Gasteiger partial charge in [-0.05, 0) is 24.1 Å². The van der Waals surface area contributed by atoms with E-state index < -0.39 is 5.38 Å². The molecule has 1 aromatic carbocycles. The maximum atomic E-state index is 12.2. The van der Waals surface area contributed by atoms with Crippen molar-refractivity contribution >= 4 is 17.5 Å². The van der Waals surface area contributed by atoms with Crippen LogP contribution in [0.5, 0.6) is 0 Å². The monoisotopic (exact) mass is 289 g/mol. The largest absolute Gasteiger partial charge is 0.335 e. The van der Waals surface area contributed by atoms with Crippen LogP contribution in [0.1, 0.15) is 24.1 Å². The highest BCUT2D eigenvalue weighted by Gasteiger charge is 2.30. The van der Waals surface area contributed by atoms with Crippen molar-refractivity contribution in [1.29, 1.82) is 0 Å². The lowest BCUT2D eigenvalue weighted by Crippen LogP contribution is -2.43. The standard InChI is InChI=1S/C15H16ClN3O/c1-11(16)15(20)18-9-12-5-2-3-6-13(12)14(10-18)19-8-4-7-17-19/h2-8,11,14H,9-10H2,1H3. The van der Waals surface area contributed by atoms with E-state index in [1.165, 1.54) is 5.56 Å².